The predicted octanol–water partition coefficient (Wildman–Crippen LogP) is -0.0332. The third kappa shape index (κ3) is 2.76. The average molecular weight is 169 g/mol. The van der Waals surface area contributed by atoms with E-state index in [1.54, 1.807) is 6.92 Å². The fourth-order valence-electron chi connectivity index (χ4n) is 0.325. The van der Waals surface area contributed by atoms with Gasteiger partial charge in [-0.1, -0.05) is 6.92 Å². The van der Waals surface area contributed by atoms with Crippen LogP contribution < -0.4 is 0 Å². The SMILES string of the molecule is CCSC(N(O)O)=[N+](O)O. The molecule has 0 bridgehead atoms. The van der Waals surface area contributed by atoms with Crippen LogP contribution in [-0.4, -0.2) is 41.9 Å². The zero-order valence-corrected chi connectivity index (χ0v) is 6.12. The van der Waals surface area contributed by atoms with Crippen molar-refractivity contribution in [3.05, 3.63) is 0 Å². The van der Waals surface area contributed by atoms with Gasteiger partial charge < -0.3 is 10.4 Å². The van der Waals surface area contributed by atoms with Gasteiger partial charge in [-0.3, -0.25) is 0 Å². The van der Waals surface area contributed by atoms with E-state index in [2.05, 4.69) is 0 Å². The summed E-state index contributed by atoms with van der Waals surface area (Å²) in [4.78, 5) is -0.367. The monoisotopic (exact) mass is 169 g/mol. The Morgan fingerprint density at radius 2 is 2.00 bits per heavy atom. The molecule has 0 unspecified atom stereocenters. The first kappa shape index (κ1) is 9.34. The maximum atomic E-state index is 8.28. The smallest absolute Gasteiger partial charge is 0.316 e. The quantitative estimate of drug-likeness (QED) is 0.191. The van der Waals surface area contributed by atoms with Gasteiger partial charge in [0.15, 0.2) is 0 Å². The maximum absolute atomic E-state index is 8.28. The lowest BCUT2D eigenvalue weighted by Crippen LogP contribution is -2.28. The van der Waals surface area contributed by atoms with Crippen molar-refractivity contribution in [2.75, 3.05) is 5.75 Å². The summed E-state index contributed by atoms with van der Waals surface area (Å²) in [5.41, 5.74) is 0. The molecule has 0 aliphatic heterocycles. The highest BCUT2D eigenvalue weighted by molar-refractivity contribution is 8.13. The summed E-state index contributed by atoms with van der Waals surface area (Å²) in [6.07, 6.45) is 0. The van der Waals surface area contributed by atoms with Gasteiger partial charge in [0.25, 0.3) is 0 Å². The van der Waals surface area contributed by atoms with E-state index < -0.39 is 5.17 Å². The Morgan fingerprint density at radius 1 is 1.50 bits per heavy atom. The summed E-state index contributed by atoms with van der Waals surface area (Å²) in [6, 6.07) is 0. The van der Waals surface area contributed by atoms with Crippen LogP contribution in [0, 0.1) is 0 Å². The highest BCUT2D eigenvalue weighted by Gasteiger charge is 2.21. The molecule has 0 amide bonds. The van der Waals surface area contributed by atoms with E-state index in [-0.39, 0.29) is 10.1 Å². The molecule has 0 radical (unpaired) electrons. The van der Waals surface area contributed by atoms with E-state index in [0.29, 0.717) is 5.75 Å². The summed E-state index contributed by atoms with van der Waals surface area (Å²) in [7, 11) is 0. The summed E-state index contributed by atoms with van der Waals surface area (Å²) in [5.74, 6) is 0.491. The number of hydrogen-bond acceptors (Lipinski definition) is 5. The van der Waals surface area contributed by atoms with Crippen molar-refractivity contribution in [2.45, 2.75) is 6.92 Å². The molecule has 0 aromatic rings. The highest BCUT2D eigenvalue weighted by atomic mass is 32.2. The van der Waals surface area contributed by atoms with E-state index >= 15 is 0 Å². The molecule has 0 fully saturated rings. The first-order valence-corrected chi connectivity index (χ1v) is 3.43. The second-order valence-corrected chi connectivity index (χ2v) is 2.53. The molecule has 10 heavy (non-hydrogen) atoms. The third-order valence-electron chi connectivity index (χ3n) is 0.616. The van der Waals surface area contributed by atoms with E-state index in [0.717, 1.165) is 11.8 Å². The minimum absolute atomic E-state index is 0.367. The lowest BCUT2D eigenvalue weighted by atomic mass is 11.0. The molecule has 0 saturated carbocycles. The van der Waals surface area contributed by atoms with Gasteiger partial charge in [0.05, 0.1) is 5.23 Å². The lowest BCUT2D eigenvalue weighted by Gasteiger charge is -1.98. The van der Waals surface area contributed by atoms with Gasteiger partial charge in [-0.2, -0.15) is 10.4 Å². The van der Waals surface area contributed by atoms with Crippen LogP contribution in [0.4, 0.5) is 0 Å². The van der Waals surface area contributed by atoms with Gasteiger partial charge in [0, 0.05) is 5.75 Å². The fourth-order valence-corrected chi connectivity index (χ4v) is 0.814. The summed E-state index contributed by atoms with van der Waals surface area (Å²) >= 11 is 0.861. The van der Waals surface area contributed by atoms with Gasteiger partial charge in [-0.15, -0.1) is 0 Å². The Labute approximate surface area is 61.5 Å². The van der Waals surface area contributed by atoms with Crippen LogP contribution in [0.3, 0.4) is 0 Å². The fraction of sp³-hybridized carbons (Fsp3) is 0.667. The molecule has 0 spiro atoms. The minimum atomic E-state index is -0.470. The number of hydroxylamine groups is 2. The Bertz CT molecular complexity index is 132. The number of hydrogen-bond donors (Lipinski definition) is 4. The maximum Gasteiger partial charge on any atom is 0.455 e. The molecule has 4 N–H and O–H groups in total. The van der Waals surface area contributed by atoms with Crippen molar-refractivity contribution in [3.8, 4) is 0 Å². The van der Waals surface area contributed by atoms with E-state index in [1.807, 2.05) is 0 Å². The van der Waals surface area contributed by atoms with Gasteiger partial charge in [0.1, 0.15) is 4.90 Å². The van der Waals surface area contributed by atoms with Crippen molar-refractivity contribution < 1.29 is 25.7 Å². The van der Waals surface area contributed by atoms with E-state index in [1.165, 1.54) is 0 Å². The van der Waals surface area contributed by atoms with Gasteiger partial charge in [-0.05, 0) is 11.8 Å². The molecule has 0 aliphatic carbocycles. The molecule has 7 heteroatoms. The zero-order valence-electron chi connectivity index (χ0n) is 5.30. The molecular weight excluding hydrogens is 160 g/mol. The lowest BCUT2D eigenvalue weighted by molar-refractivity contribution is -0.957. The number of rotatable bonds is 1. The van der Waals surface area contributed by atoms with Gasteiger partial charge >= 0.3 is 5.17 Å². The zero-order chi connectivity index (χ0) is 8.15. The van der Waals surface area contributed by atoms with Crippen LogP contribution in [0.1, 0.15) is 6.92 Å². The number of amidine groups is 1. The molecule has 0 atom stereocenters. The molecule has 0 aliphatic rings. The Morgan fingerprint density at radius 3 is 2.10 bits per heavy atom. The van der Waals surface area contributed by atoms with Crippen LogP contribution in [0.2, 0.25) is 0 Å². The third-order valence-corrected chi connectivity index (χ3v) is 1.49. The highest BCUT2D eigenvalue weighted by Crippen LogP contribution is 2.02. The van der Waals surface area contributed by atoms with Crippen molar-refractivity contribution in [1.29, 1.82) is 0 Å². The summed E-state index contributed by atoms with van der Waals surface area (Å²) in [6.45, 7) is 1.72. The second-order valence-electron chi connectivity index (χ2n) is 1.29. The molecule has 0 heterocycles. The minimum Gasteiger partial charge on any atom is -0.316 e. The van der Waals surface area contributed by atoms with Crippen LogP contribution in [0.5, 0.6) is 0 Å². The van der Waals surface area contributed by atoms with Crippen molar-refractivity contribution >= 4 is 16.9 Å². The largest absolute Gasteiger partial charge is 0.455 e. The number of thioether (sulfide) groups is 1. The molecular formula is C3H9N2O4S+. The first-order valence-electron chi connectivity index (χ1n) is 2.45. The van der Waals surface area contributed by atoms with Crippen LogP contribution in [0.25, 0.3) is 0 Å². The van der Waals surface area contributed by atoms with Crippen molar-refractivity contribution in [3.63, 3.8) is 0 Å². The molecule has 6 nitrogen and oxygen atoms in total. The first-order chi connectivity index (χ1) is 4.59. The van der Waals surface area contributed by atoms with Crippen LogP contribution >= 0.6 is 11.8 Å². The Kier molecular flexibility index (Phi) is 3.93. The second kappa shape index (κ2) is 4.20. The Balaban J connectivity index is 4.13. The van der Waals surface area contributed by atoms with E-state index in [4.69, 9.17) is 20.8 Å². The molecule has 60 valence electrons. The molecule has 0 aromatic heterocycles. The van der Waals surface area contributed by atoms with Crippen LogP contribution in [0.15, 0.2) is 0 Å². The molecule has 0 aromatic carbocycles. The van der Waals surface area contributed by atoms with Gasteiger partial charge in [-0.25, -0.2) is 0 Å². The van der Waals surface area contributed by atoms with Gasteiger partial charge in [0.2, 0.25) is 0 Å². The Hall–Kier alpha value is -0.660. The average Bonchev–Trinajstić information content (AvgIpc) is 1.81. The standard InChI is InChI=1S/C3H9N2O4S/c1-2-10-3(4(6)7)5(8)9/h6-9H,2H2,1H3/q+1. The summed E-state index contributed by atoms with van der Waals surface area (Å²) < 4.78 is 0. The normalized spacial score (nSPS) is 9.10. The number of nitrogens with zero attached hydrogens (tertiary/aromatic N) is 2. The summed E-state index contributed by atoms with van der Waals surface area (Å²) in [5, 5.41) is 32.3. The van der Waals surface area contributed by atoms with Crippen molar-refractivity contribution in [1.82, 2.24) is 5.23 Å². The molecule has 0 rings (SSSR count). The molecule has 0 saturated heterocycles. The topological polar surface area (TPSA) is 87.2 Å². The van der Waals surface area contributed by atoms with Crippen LogP contribution in [-0.2, 0) is 0 Å². The van der Waals surface area contributed by atoms with E-state index in [9.17, 15) is 0 Å². The van der Waals surface area contributed by atoms with Crippen molar-refractivity contribution in [2.24, 2.45) is 0 Å². The predicted molar refractivity (Wildman–Crippen MR) is 32.4 cm³/mol.